The van der Waals surface area contributed by atoms with Gasteiger partial charge in [0.2, 0.25) is 0 Å². The second kappa shape index (κ2) is 12.5. The van der Waals surface area contributed by atoms with Gasteiger partial charge in [-0.1, -0.05) is 66.8 Å². The highest BCUT2D eigenvalue weighted by Gasteiger charge is 2.05. The molecule has 6 rings (SSSR count). The van der Waals surface area contributed by atoms with Crippen LogP contribution in [0.3, 0.4) is 0 Å². The van der Waals surface area contributed by atoms with E-state index in [2.05, 4.69) is 84.8 Å². The van der Waals surface area contributed by atoms with Gasteiger partial charge >= 0.3 is 0 Å². The Bertz CT molecular complexity index is 1720. The highest BCUT2D eigenvalue weighted by molar-refractivity contribution is 5.87. The third-order valence-corrected chi connectivity index (χ3v) is 7.11. The molecule has 1 aromatic heterocycles. The van der Waals surface area contributed by atoms with Crippen LogP contribution in [-0.4, -0.2) is 35.3 Å². The molecule has 1 aliphatic rings. The van der Waals surface area contributed by atoms with E-state index in [1.54, 1.807) is 24.3 Å². The Labute approximate surface area is 236 Å². The molecule has 0 spiro atoms. The summed E-state index contributed by atoms with van der Waals surface area (Å²) >= 11 is 0. The number of pyridine rings is 1. The summed E-state index contributed by atoms with van der Waals surface area (Å²) in [5, 5.41) is 23.3. The first-order chi connectivity index (χ1) is 19.4. The molecule has 0 saturated heterocycles. The van der Waals surface area contributed by atoms with Crippen molar-refractivity contribution in [3.05, 3.63) is 132 Å². The molecule has 40 heavy (non-hydrogen) atoms. The summed E-state index contributed by atoms with van der Waals surface area (Å²) in [4.78, 5) is 2.32. The van der Waals surface area contributed by atoms with Crippen molar-refractivity contribution in [2.45, 2.75) is 6.42 Å². The number of benzene rings is 4. The van der Waals surface area contributed by atoms with Gasteiger partial charge < -0.3 is 15.1 Å². The lowest BCUT2D eigenvalue weighted by Crippen LogP contribution is -2.25. The van der Waals surface area contributed by atoms with E-state index < -0.39 is 0 Å². The van der Waals surface area contributed by atoms with Gasteiger partial charge in [-0.15, -0.1) is 0 Å². The van der Waals surface area contributed by atoms with E-state index in [9.17, 15) is 10.2 Å². The summed E-state index contributed by atoms with van der Waals surface area (Å²) in [6, 6.07) is 27.6. The molecule has 5 aromatic rings. The maximum Gasteiger partial charge on any atom is 0.169 e. The Morgan fingerprint density at radius 2 is 1.12 bits per heavy atom. The smallest absolute Gasteiger partial charge is 0.169 e. The number of aromatic hydroxyl groups is 2. The summed E-state index contributed by atoms with van der Waals surface area (Å²) in [6.07, 6.45) is 16.1. The molecule has 0 radical (unpaired) electrons. The van der Waals surface area contributed by atoms with Crippen molar-refractivity contribution in [1.29, 1.82) is 0 Å². The summed E-state index contributed by atoms with van der Waals surface area (Å²) in [5.74, 6) is 0.621. The van der Waals surface area contributed by atoms with Gasteiger partial charge in [-0.25, -0.2) is 4.57 Å². The highest BCUT2D eigenvalue weighted by Crippen LogP contribution is 2.23. The molecule has 2 heterocycles. The topological polar surface area (TPSA) is 47.6 Å². The number of phenolic OH excluding ortho intramolecular Hbond substituents is 2. The summed E-state index contributed by atoms with van der Waals surface area (Å²) in [7, 11) is 4.15. The number of likely N-dealkylation sites (N-methyl/N-ethyl adjacent to an activating group) is 1. The second-order valence-corrected chi connectivity index (χ2v) is 10.3. The third-order valence-electron chi connectivity index (χ3n) is 7.11. The largest absolute Gasteiger partial charge is 0.508 e. The Morgan fingerprint density at radius 3 is 1.68 bits per heavy atom. The molecule has 4 nitrogen and oxygen atoms in total. The Hall–Kier alpha value is -4.67. The molecule has 0 unspecified atom stereocenters. The first-order valence-electron chi connectivity index (χ1n) is 13.6. The van der Waals surface area contributed by atoms with Gasteiger partial charge in [-0.05, 0) is 93.7 Å². The van der Waals surface area contributed by atoms with E-state index in [0.29, 0.717) is 11.5 Å². The maximum atomic E-state index is 9.47. The normalized spacial score (nSPS) is 14.0. The SMILES string of the molecule is CN1CC=C(/C=C/c2ccc3cc(O)ccc3c2)CC1.C[n+]1ccc(/C=C/c2ccc3cc(O)ccc3c2)cc1. The van der Waals surface area contributed by atoms with Crippen molar-refractivity contribution in [2.24, 2.45) is 7.05 Å². The fraction of sp³-hybridized carbons (Fsp3) is 0.139. The second-order valence-electron chi connectivity index (χ2n) is 10.3. The van der Waals surface area contributed by atoms with E-state index in [-0.39, 0.29) is 0 Å². The number of nitrogens with zero attached hydrogens (tertiary/aromatic N) is 2. The average molecular weight is 528 g/mol. The van der Waals surface area contributed by atoms with Gasteiger partial charge in [0.25, 0.3) is 0 Å². The molecule has 1 aliphatic heterocycles. The highest BCUT2D eigenvalue weighted by atomic mass is 16.3. The standard InChI is InChI=1S/C18H19NO.C18H15NO/c2*1-19-10-8-14(9-11-19)2-3-15-4-5-17-13-18(20)7-6-16(17)12-15/h2-8,12-13,20H,9-11H2,1H3;2-13H,1H3/p+1/b3-2+;. The minimum atomic E-state index is 0.304. The predicted molar refractivity (Wildman–Crippen MR) is 167 cm³/mol. The van der Waals surface area contributed by atoms with Crippen molar-refractivity contribution in [3.63, 3.8) is 0 Å². The molecule has 0 fully saturated rings. The molecule has 0 atom stereocenters. The molecule has 0 saturated carbocycles. The lowest BCUT2D eigenvalue weighted by atomic mass is 10.0. The number of aryl methyl sites for hydroxylation is 1. The zero-order valence-corrected chi connectivity index (χ0v) is 23.0. The quantitative estimate of drug-likeness (QED) is 0.240. The number of aromatic nitrogens is 1. The van der Waals surface area contributed by atoms with Gasteiger partial charge in [0.15, 0.2) is 12.4 Å². The molecule has 0 bridgehead atoms. The Kier molecular flexibility index (Phi) is 8.38. The fourth-order valence-electron chi connectivity index (χ4n) is 4.67. The zero-order chi connectivity index (χ0) is 27.9. The average Bonchev–Trinajstić information content (AvgIpc) is 2.97. The van der Waals surface area contributed by atoms with Crippen molar-refractivity contribution >= 4 is 39.8 Å². The van der Waals surface area contributed by atoms with Crippen LogP contribution >= 0.6 is 0 Å². The van der Waals surface area contributed by atoms with Crippen LogP contribution in [0, 0.1) is 0 Å². The van der Waals surface area contributed by atoms with E-state index in [1.807, 2.05) is 42.2 Å². The summed E-state index contributed by atoms with van der Waals surface area (Å²) in [6.45, 7) is 2.17. The number of hydrogen-bond acceptors (Lipinski definition) is 3. The van der Waals surface area contributed by atoms with E-state index in [4.69, 9.17) is 0 Å². The van der Waals surface area contributed by atoms with Crippen LogP contribution in [0.25, 0.3) is 39.8 Å². The van der Waals surface area contributed by atoms with Gasteiger partial charge in [-0.3, -0.25) is 0 Å². The molecule has 0 aliphatic carbocycles. The van der Waals surface area contributed by atoms with Crippen molar-refractivity contribution < 1.29 is 14.8 Å². The molecular formula is C36H35N2O2+. The zero-order valence-electron chi connectivity index (χ0n) is 23.0. The number of fused-ring (bicyclic) bond motifs is 2. The minimum absolute atomic E-state index is 0.304. The number of hydrogen-bond donors (Lipinski definition) is 2. The molecule has 4 aromatic carbocycles. The lowest BCUT2D eigenvalue weighted by molar-refractivity contribution is -0.671. The lowest BCUT2D eigenvalue weighted by Gasteiger charge is -2.20. The Morgan fingerprint density at radius 1 is 0.625 bits per heavy atom. The number of allylic oxidation sites excluding steroid dienone is 1. The third kappa shape index (κ3) is 7.25. The van der Waals surface area contributed by atoms with Gasteiger partial charge in [0, 0.05) is 25.2 Å². The van der Waals surface area contributed by atoms with Crippen LogP contribution < -0.4 is 4.57 Å². The van der Waals surface area contributed by atoms with Gasteiger partial charge in [-0.2, -0.15) is 0 Å². The predicted octanol–water partition coefficient (Wildman–Crippen LogP) is 7.36. The minimum Gasteiger partial charge on any atom is -0.508 e. The van der Waals surface area contributed by atoms with Crippen LogP contribution in [0.4, 0.5) is 0 Å². The Balaban J connectivity index is 0.000000161. The van der Waals surface area contributed by atoms with Crippen LogP contribution in [0.2, 0.25) is 0 Å². The van der Waals surface area contributed by atoms with Crippen molar-refractivity contribution in [3.8, 4) is 11.5 Å². The molecule has 4 heteroatoms. The summed E-state index contributed by atoms with van der Waals surface area (Å²) in [5.41, 5.74) is 4.93. The van der Waals surface area contributed by atoms with Crippen molar-refractivity contribution in [2.75, 3.05) is 20.1 Å². The molecular weight excluding hydrogens is 492 g/mol. The van der Waals surface area contributed by atoms with E-state index in [0.717, 1.165) is 46.6 Å². The van der Waals surface area contributed by atoms with Crippen LogP contribution in [0.5, 0.6) is 11.5 Å². The molecule has 2 N–H and O–H groups in total. The van der Waals surface area contributed by atoms with E-state index >= 15 is 0 Å². The summed E-state index contributed by atoms with van der Waals surface area (Å²) < 4.78 is 2.01. The molecule has 200 valence electrons. The van der Waals surface area contributed by atoms with E-state index in [1.165, 1.54) is 16.7 Å². The van der Waals surface area contributed by atoms with Crippen molar-refractivity contribution in [1.82, 2.24) is 4.90 Å². The number of rotatable bonds is 4. The first kappa shape index (κ1) is 26.9. The fourth-order valence-corrected chi connectivity index (χ4v) is 4.67. The van der Waals surface area contributed by atoms with Crippen LogP contribution in [-0.2, 0) is 7.05 Å². The number of phenols is 2. The van der Waals surface area contributed by atoms with Gasteiger partial charge in [0.1, 0.15) is 18.5 Å². The van der Waals surface area contributed by atoms with Crippen LogP contribution in [0.15, 0.2) is 115 Å². The van der Waals surface area contributed by atoms with Crippen LogP contribution in [0.1, 0.15) is 23.1 Å². The maximum absolute atomic E-state index is 9.47. The molecule has 0 amide bonds. The monoisotopic (exact) mass is 527 g/mol. The first-order valence-corrected chi connectivity index (χ1v) is 13.6. The van der Waals surface area contributed by atoms with Gasteiger partial charge in [0.05, 0.1) is 0 Å².